The molecule has 1 aromatic heterocycles. The van der Waals surface area contributed by atoms with E-state index >= 15 is 0 Å². The van der Waals surface area contributed by atoms with Gasteiger partial charge in [0.2, 0.25) is 5.91 Å². The second-order valence-electron chi connectivity index (χ2n) is 8.45. The van der Waals surface area contributed by atoms with E-state index in [9.17, 15) is 14.4 Å². The van der Waals surface area contributed by atoms with Gasteiger partial charge in [0.05, 0.1) is 12.1 Å². The summed E-state index contributed by atoms with van der Waals surface area (Å²) in [6, 6.07) is 8.65. The summed E-state index contributed by atoms with van der Waals surface area (Å²) in [6.07, 6.45) is 6.11. The average Bonchev–Trinajstić information content (AvgIpc) is 3.21. The third-order valence-corrected chi connectivity index (χ3v) is 6.60. The molecule has 1 aliphatic carbocycles. The lowest BCUT2D eigenvalue weighted by atomic mass is 9.83. The molecule has 4 rings (SSSR count). The number of benzene rings is 1. The number of fused-ring (bicyclic) bond motifs is 1. The molecule has 2 N–H and O–H groups in total. The van der Waals surface area contributed by atoms with Gasteiger partial charge >= 0.3 is 5.69 Å². The summed E-state index contributed by atoms with van der Waals surface area (Å²) in [4.78, 5) is 46.3. The molecular weight excluding hydrogens is 380 g/mol. The lowest BCUT2D eigenvalue weighted by molar-refractivity contribution is -0.137. The van der Waals surface area contributed by atoms with Crippen LogP contribution in [0.4, 0.5) is 0 Å². The molecule has 30 heavy (non-hydrogen) atoms. The van der Waals surface area contributed by atoms with Crippen LogP contribution in [0.15, 0.2) is 40.1 Å². The van der Waals surface area contributed by atoms with Crippen LogP contribution in [-0.4, -0.2) is 51.4 Å². The maximum Gasteiger partial charge on any atom is 0.325 e. The Morgan fingerprint density at radius 1 is 1.20 bits per heavy atom. The summed E-state index contributed by atoms with van der Waals surface area (Å²) >= 11 is 0. The molecule has 7 nitrogen and oxygen atoms in total. The van der Waals surface area contributed by atoms with E-state index in [0.717, 1.165) is 45.2 Å². The number of amides is 1. The number of carbonyl (C=O) groups excluding carboxylic acids is 1. The molecule has 2 aromatic rings. The second kappa shape index (κ2) is 9.00. The molecule has 0 unspecified atom stereocenters. The number of carbonyl (C=O) groups is 1. The molecule has 7 heteroatoms. The van der Waals surface area contributed by atoms with Crippen molar-refractivity contribution >= 4 is 5.91 Å². The van der Waals surface area contributed by atoms with Crippen LogP contribution in [0.2, 0.25) is 0 Å². The van der Waals surface area contributed by atoms with Gasteiger partial charge in [-0.2, -0.15) is 0 Å². The molecule has 160 valence electrons. The van der Waals surface area contributed by atoms with Gasteiger partial charge in [-0.05, 0) is 56.3 Å². The Bertz CT molecular complexity index is 1010. The maximum absolute atomic E-state index is 13.6. The largest absolute Gasteiger partial charge is 0.336 e. The third-order valence-electron chi connectivity index (χ3n) is 6.60. The summed E-state index contributed by atoms with van der Waals surface area (Å²) in [7, 11) is 0. The van der Waals surface area contributed by atoms with E-state index in [2.05, 4.69) is 40.0 Å². The minimum Gasteiger partial charge on any atom is -0.336 e. The monoisotopic (exact) mass is 410 g/mol. The van der Waals surface area contributed by atoms with Crippen molar-refractivity contribution in [2.45, 2.75) is 51.6 Å². The normalized spacial score (nSPS) is 21.4. The number of nitrogens with one attached hydrogen (secondary N) is 2. The maximum atomic E-state index is 13.6. The zero-order valence-electron chi connectivity index (χ0n) is 17.5. The van der Waals surface area contributed by atoms with E-state index in [1.807, 2.05) is 11.0 Å². The number of rotatable bonds is 6. The minimum atomic E-state index is -0.529. The molecule has 1 aliphatic heterocycles. The molecule has 2 aliphatic rings. The predicted octanol–water partition coefficient (Wildman–Crippen LogP) is 1.68. The Morgan fingerprint density at radius 3 is 2.77 bits per heavy atom. The number of H-pyrrole nitrogens is 2. The summed E-state index contributed by atoms with van der Waals surface area (Å²) in [5, 5.41) is 0. The van der Waals surface area contributed by atoms with Crippen LogP contribution in [0, 0.1) is 5.92 Å². The molecule has 0 spiro atoms. The standard InChI is InChI=1S/C23H30N4O3/c1-2-26-11-5-8-20(26)15-27(14-19-13-24-23(30)25-21(19)28)22(29)18-10-9-16-6-3-4-7-17(16)12-18/h3-4,6-7,13,18,20H,2,5,8-12,14-15H2,1H3,(H2,24,25,28,30)/t18-,20+/m1/s1. The van der Waals surface area contributed by atoms with Crippen LogP contribution < -0.4 is 11.2 Å². The van der Waals surface area contributed by atoms with Gasteiger partial charge in [-0.25, -0.2) is 4.79 Å². The van der Waals surface area contributed by atoms with E-state index in [0.29, 0.717) is 18.2 Å². The van der Waals surface area contributed by atoms with E-state index in [1.54, 1.807) is 0 Å². The van der Waals surface area contributed by atoms with Crippen molar-refractivity contribution in [1.29, 1.82) is 0 Å². The highest BCUT2D eigenvalue weighted by Gasteiger charge is 2.32. The molecule has 1 amide bonds. The van der Waals surface area contributed by atoms with E-state index in [4.69, 9.17) is 0 Å². The van der Waals surface area contributed by atoms with Crippen LogP contribution >= 0.6 is 0 Å². The molecule has 1 saturated heterocycles. The summed E-state index contributed by atoms with van der Waals surface area (Å²) in [5.41, 5.74) is 2.04. The zero-order valence-corrected chi connectivity index (χ0v) is 17.5. The van der Waals surface area contributed by atoms with Crippen molar-refractivity contribution in [1.82, 2.24) is 19.8 Å². The lowest BCUT2D eigenvalue weighted by Gasteiger charge is -2.34. The van der Waals surface area contributed by atoms with Gasteiger partial charge in [0.15, 0.2) is 0 Å². The Balaban J connectivity index is 1.56. The van der Waals surface area contributed by atoms with Crippen LogP contribution in [-0.2, 0) is 24.2 Å². The molecule has 2 heterocycles. The molecule has 0 saturated carbocycles. The highest BCUT2D eigenvalue weighted by molar-refractivity contribution is 5.79. The van der Waals surface area contributed by atoms with Crippen LogP contribution in [0.5, 0.6) is 0 Å². The first kappa shape index (κ1) is 20.6. The highest BCUT2D eigenvalue weighted by Crippen LogP contribution is 2.28. The first-order valence-electron chi connectivity index (χ1n) is 11.0. The highest BCUT2D eigenvalue weighted by atomic mass is 16.2. The SMILES string of the molecule is CCN1CCC[C@H]1CN(Cc1c[nH]c(=O)[nH]c1=O)C(=O)[C@@H]1CCc2ccccc2C1. The van der Waals surface area contributed by atoms with Crippen molar-refractivity contribution in [3.05, 3.63) is 68.0 Å². The molecule has 0 radical (unpaired) electrons. The number of likely N-dealkylation sites (tertiary alicyclic amines) is 1. The van der Waals surface area contributed by atoms with Gasteiger partial charge in [0.1, 0.15) is 0 Å². The topological polar surface area (TPSA) is 89.3 Å². The third kappa shape index (κ3) is 4.41. The van der Waals surface area contributed by atoms with Crippen LogP contribution in [0.1, 0.15) is 42.9 Å². The van der Waals surface area contributed by atoms with Gasteiger partial charge in [-0.3, -0.25) is 19.5 Å². The van der Waals surface area contributed by atoms with E-state index in [1.165, 1.54) is 17.3 Å². The van der Waals surface area contributed by atoms with E-state index < -0.39 is 11.2 Å². The summed E-state index contributed by atoms with van der Waals surface area (Å²) in [5.74, 6) is 0.0382. The fourth-order valence-corrected chi connectivity index (χ4v) is 4.93. The van der Waals surface area contributed by atoms with Crippen molar-refractivity contribution < 1.29 is 4.79 Å². The second-order valence-corrected chi connectivity index (χ2v) is 8.45. The fraction of sp³-hybridized carbons (Fsp3) is 0.522. The zero-order chi connectivity index (χ0) is 21.1. The summed E-state index contributed by atoms with van der Waals surface area (Å²) < 4.78 is 0. The number of hydrogen-bond acceptors (Lipinski definition) is 4. The van der Waals surface area contributed by atoms with Crippen molar-refractivity contribution in [2.24, 2.45) is 5.92 Å². The first-order valence-corrected chi connectivity index (χ1v) is 11.0. The quantitative estimate of drug-likeness (QED) is 0.758. The number of aryl methyl sites for hydroxylation is 1. The number of hydrogen-bond donors (Lipinski definition) is 2. The molecule has 1 fully saturated rings. The van der Waals surface area contributed by atoms with Gasteiger partial charge in [0, 0.05) is 24.7 Å². The lowest BCUT2D eigenvalue weighted by Crippen LogP contribution is -2.46. The smallest absolute Gasteiger partial charge is 0.325 e. The van der Waals surface area contributed by atoms with Crippen molar-refractivity contribution in [3.8, 4) is 0 Å². The fourth-order valence-electron chi connectivity index (χ4n) is 4.93. The Hall–Kier alpha value is -2.67. The molecule has 1 aromatic carbocycles. The number of aromatic nitrogens is 2. The Kier molecular flexibility index (Phi) is 6.18. The van der Waals surface area contributed by atoms with Gasteiger partial charge in [-0.15, -0.1) is 0 Å². The number of likely N-dealkylation sites (N-methyl/N-ethyl adjacent to an activating group) is 1. The average molecular weight is 411 g/mol. The molecular formula is C23H30N4O3. The van der Waals surface area contributed by atoms with Gasteiger partial charge in [-0.1, -0.05) is 31.2 Å². The molecule has 2 atom stereocenters. The molecule has 0 bridgehead atoms. The first-order chi connectivity index (χ1) is 14.5. The Morgan fingerprint density at radius 2 is 2.00 bits per heavy atom. The number of aromatic amines is 2. The van der Waals surface area contributed by atoms with Crippen LogP contribution in [0.3, 0.4) is 0 Å². The predicted molar refractivity (Wildman–Crippen MR) is 115 cm³/mol. The number of nitrogens with zero attached hydrogens (tertiary/aromatic N) is 2. The Labute approximate surface area is 176 Å². The van der Waals surface area contributed by atoms with Crippen LogP contribution in [0.25, 0.3) is 0 Å². The van der Waals surface area contributed by atoms with E-state index in [-0.39, 0.29) is 18.4 Å². The summed E-state index contributed by atoms with van der Waals surface area (Å²) in [6.45, 7) is 5.00. The van der Waals surface area contributed by atoms with Crippen molar-refractivity contribution in [2.75, 3.05) is 19.6 Å². The van der Waals surface area contributed by atoms with Gasteiger partial charge in [0.25, 0.3) is 5.56 Å². The van der Waals surface area contributed by atoms with Gasteiger partial charge < -0.3 is 9.88 Å². The minimum absolute atomic E-state index is 0.0711. The van der Waals surface area contributed by atoms with Crippen molar-refractivity contribution in [3.63, 3.8) is 0 Å².